The minimum atomic E-state index is 0. The van der Waals surface area contributed by atoms with E-state index in [-0.39, 0.29) is 12.4 Å². The van der Waals surface area contributed by atoms with Crippen molar-refractivity contribution in [2.24, 2.45) is 7.05 Å². The van der Waals surface area contributed by atoms with Gasteiger partial charge in [-0.05, 0) is 24.5 Å². The van der Waals surface area contributed by atoms with Crippen molar-refractivity contribution in [1.29, 1.82) is 0 Å². The van der Waals surface area contributed by atoms with Gasteiger partial charge in [0.25, 0.3) is 0 Å². The molecule has 0 aliphatic carbocycles. The first-order valence-electron chi connectivity index (χ1n) is 7.36. The Morgan fingerprint density at radius 2 is 1.95 bits per heavy atom. The van der Waals surface area contributed by atoms with Crippen molar-refractivity contribution in [3.8, 4) is 0 Å². The molecule has 118 valence electrons. The van der Waals surface area contributed by atoms with Crippen LogP contribution in [0, 0.1) is 0 Å². The topological polar surface area (TPSA) is 47.7 Å². The minimum Gasteiger partial charge on any atom is -0.306 e. The summed E-state index contributed by atoms with van der Waals surface area (Å²) in [5, 5.41) is 12.3. The number of halogens is 1. The molecule has 1 N–H and O–H groups in total. The molecule has 0 fully saturated rings. The first-order chi connectivity index (χ1) is 9.61. The highest BCUT2D eigenvalue weighted by molar-refractivity contribution is 5.85. The van der Waals surface area contributed by atoms with Gasteiger partial charge in [0.2, 0.25) is 0 Å². The Hall–Kier alpha value is -1.33. The van der Waals surface area contributed by atoms with E-state index in [0.717, 1.165) is 31.7 Å². The van der Waals surface area contributed by atoms with E-state index in [1.54, 1.807) is 0 Å². The van der Waals surface area contributed by atoms with Crippen molar-refractivity contribution < 1.29 is 0 Å². The molecular weight excluding hydrogens is 286 g/mol. The summed E-state index contributed by atoms with van der Waals surface area (Å²) in [5.74, 6) is 0.473. The molecule has 5 nitrogen and oxygen atoms in total. The number of hydrogen-bond donors (Lipinski definition) is 1. The molecule has 0 spiro atoms. The summed E-state index contributed by atoms with van der Waals surface area (Å²) < 4.78 is 4.03. The molecule has 0 unspecified atom stereocenters. The summed E-state index contributed by atoms with van der Waals surface area (Å²) in [4.78, 5) is 0. The maximum absolute atomic E-state index is 4.53. The smallest absolute Gasteiger partial charge is 0.0653 e. The van der Waals surface area contributed by atoms with Crippen LogP contribution in [0.4, 0.5) is 0 Å². The van der Waals surface area contributed by atoms with Gasteiger partial charge in [-0.1, -0.05) is 20.8 Å². The lowest BCUT2D eigenvalue weighted by Crippen LogP contribution is -2.18. The molecule has 2 heterocycles. The van der Waals surface area contributed by atoms with Crippen molar-refractivity contribution >= 4 is 12.4 Å². The molecule has 0 bridgehead atoms. The molecule has 0 saturated heterocycles. The van der Waals surface area contributed by atoms with E-state index in [2.05, 4.69) is 53.1 Å². The average Bonchev–Trinajstić information content (AvgIpc) is 2.98. The van der Waals surface area contributed by atoms with Crippen LogP contribution >= 0.6 is 12.4 Å². The monoisotopic (exact) mass is 311 g/mol. The van der Waals surface area contributed by atoms with E-state index in [1.807, 2.05) is 17.9 Å². The maximum atomic E-state index is 4.53. The fraction of sp³-hybridized carbons (Fsp3) is 0.600. The van der Waals surface area contributed by atoms with Gasteiger partial charge in [-0.15, -0.1) is 12.4 Å². The molecule has 0 amide bonds. The molecule has 2 aromatic heterocycles. The van der Waals surface area contributed by atoms with E-state index < -0.39 is 0 Å². The third-order valence-electron chi connectivity index (χ3n) is 3.44. The van der Waals surface area contributed by atoms with Crippen LogP contribution in [0.3, 0.4) is 0 Å². The van der Waals surface area contributed by atoms with Crippen molar-refractivity contribution in [3.63, 3.8) is 0 Å². The van der Waals surface area contributed by atoms with E-state index in [4.69, 9.17) is 0 Å². The Morgan fingerprint density at radius 1 is 1.24 bits per heavy atom. The summed E-state index contributed by atoms with van der Waals surface area (Å²) in [6.07, 6.45) is 2.97. The molecule has 6 heteroatoms. The quantitative estimate of drug-likeness (QED) is 0.855. The molecule has 0 radical (unpaired) electrons. The molecule has 0 atom stereocenters. The summed E-state index contributed by atoms with van der Waals surface area (Å²) in [6.45, 7) is 9.15. The van der Waals surface area contributed by atoms with Crippen molar-refractivity contribution in [1.82, 2.24) is 24.9 Å². The Bertz CT molecular complexity index is 544. The highest BCUT2D eigenvalue weighted by Gasteiger charge is 2.08. The molecule has 0 aliphatic rings. The first kappa shape index (κ1) is 17.7. The van der Waals surface area contributed by atoms with Crippen molar-refractivity contribution in [2.75, 3.05) is 0 Å². The predicted molar refractivity (Wildman–Crippen MR) is 87.6 cm³/mol. The van der Waals surface area contributed by atoms with Crippen LogP contribution in [0.1, 0.15) is 50.2 Å². The molecule has 21 heavy (non-hydrogen) atoms. The number of hydrogen-bond acceptors (Lipinski definition) is 3. The van der Waals surface area contributed by atoms with Gasteiger partial charge in [-0.25, -0.2) is 0 Å². The van der Waals surface area contributed by atoms with Crippen molar-refractivity contribution in [2.45, 2.75) is 52.7 Å². The third-order valence-corrected chi connectivity index (χ3v) is 3.44. The fourth-order valence-corrected chi connectivity index (χ4v) is 2.22. The third kappa shape index (κ3) is 4.58. The maximum Gasteiger partial charge on any atom is 0.0653 e. The summed E-state index contributed by atoms with van der Waals surface area (Å²) in [6, 6.07) is 4.26. The van der Waals surface area contributed by atoms with E-state index in [9.17, 15) is 0 Å². The fourth-order valence-electron chi connectivity index (χ4n) is 2.22. The van der Waals surface area contributed by atoms with Crippen LogP contribution < -0.4 is 5.32 Å². The van der Waals surface area contributed by atoms with Gasteiger partial charge in [0.05, 0.1) is 17.1 Å². The number of aromatic nitrogens is 4. The van der Waals surface area contributed by atoms with E-state index >= 15 is 0 Å². The number of nitrogens with zero attached hydrogens (tertiary/aromatic N) is 4. The lowest BCUT2D eigenvalue weighted by Gasteiger charge is -2.07. The minimum absolute atomic E-state index is 0. The summed E-state index contributed by atoms with van der Waals surface area (Å²) in [7, 11) is 2.00. The first-order valence-corrected chi connectivity index (χ1v) is 7.36. The summed E-state index contributed by atoms with van der Waals surface area (Å²) in [5.41, 5.74) is 3.61. The van der Waals surface area contributed by atoms with Crippen LogP contribution in [0.15, 0.2) is 18.3 Å². The molecule has 2 aromatic rings. The predicted octanol–water partition coefficient (Wildman–Crippen LogP) is 2.86. The zero-order chi connectivity index (χ0) is 14.5. The van der Waals surface area contributed by atoms with Gasteiger partial charge >= 0.3 is 0 Å². The molecule has 0 aromatic carbocycles. The lowest BCUT2D eigenvalue weighted by molar-refractivity contribution is 0.542. The highest BCUT2D eigenvalue weighted by Crippen LogP contribution is 2.13. The van der Waals surface area contributed by atoms with Gasteiger partial charge in [-0.3, -0.25) is 9.36 Å². The summed E-state index contributed by atoms with van der Waals surface area (Å²) >= 11 is 0. The molecular formula is C15H26ClN5. The lowest BCUT2D eigenvalue weighted by atomic mass is 10.1. The van der Waals surface area contributed by atoms with Gasteiger partial charge in [0, 0.05) is 32.9 Å². The molecule has 2 rings (SSSR count). The van der Waals surface area contributed by atoms with E-state index in [1.165, 1.54) is 11.4 Å². The second kappa shape index (κ2) is 8.20. The standard InChI is InChI=1S/C15H25N5.ClH/c1-5-8-20-13(6-7-17-20)10-16-11-14-9-15(12(2)3)18-19(14)4;/h6-7,9,12,16H,5,8,10-11H2,1-4H3;1H. The zero-order valence-corrected chi connectivity index (χ0v) is 14.2. The van der Waals surface area contributed by atoms with Crippen molar-refractivity contribution in [3.05, 3.63) is 35.4 Å². The Labute approximate surface area is 133 Å². The van der Waals surface area contributed by atoms with Crippen LogP contribution in [0.2, 0.25) is 0 Å². The van der Waals surface area contributed by atoms with Crippen LogP contribution in [-0.2, 0) is 26.7 Å². The van der Waals surface area contributed by atoms with Gasteiger partial charge in [0.1, 0.15) is 0 Å². The second-order valence-electron chi connectivity index (χ2n) is 5.49. The highest BCUT2D eigenvalue weighted by atomic mass is 35.5. The zero-order valence-electron chi connectivity index (χ0n) is 13.3. The molecule has 0 aliphatic heterocycles. The molecule has 0 saturated carbocycles. The number of nitrogens with one attached hydrogen (secondary N) is 1. The van der Waals surface area contributed by atoms with Gasteiger partial charge < -0.3 is 5.32 Å². The Morgan fingerprint density at radius 3 is 2.57 bits per heavy atom. The van der Waals surface area contributed by atoms with Gasteiger partial charge in [-0.2, -0.15) is 10.2 Å². The second-order valence-corrected chi connectivity index (χ2v) is 5.49. The number of rotatable bonds is 7. The van der Waals surface area contributed by atoms with Crippen LogP contribution in [0.5, 0.6) is 0 Å². The largest absolute Gasteiger partial charge is 0.306 e. The Kier molecular flexibility index (Phi) is 6.92. The van der Waals surface area contributed by atoms with E-state index in [0.29, 0.717) is 5.92 Å². The van der Waals surface area contributed by atoms with Crippen LogP contribution in [0.25, 0.3) is 0 Å². The van der Waals surface area contributed by atoms with Crippen LogP contribution in [-0.4, -0.2) is 19.6 Å². The Balaban J connectivity index is 0.00000220. The van der Waals surface area contributed by atoms with Gasteiger partial charge in [0.15, 0.2) is 0 Å². The SMILES string of the molecule is CCCn1nccc1CNCc1cc(C(C)C)nn1C.Cl. The average molecular weight is 312 g/mol. The number of aryl methyl sites for hydroxylation is 2. The normalized spacial score (nSPS) is 10.9.